The van der Waals surface area contributed by atoms with Crippen molar-refractivity contribution in [2.45, 2.75) is 44.6 Å². The van der Waals surface area contributed by atoms with Gasteiger partial charge >= 0.3 is 0 Å². The highest BCUT2D eigenvalue weighted by Gasteiger charge is 2.30. The summed E-state index contributed by atoms with van der Waals surface area (Å²) < 4.78 is 24.6. The molecule has 5 heteroatoms. The molecule has 4 nitrogen and oxygen atoms in total. The molecule has 1 saturated carbocycles. The molecule has 0 aromatic heterocycles. The average molecular weight is 260 g/mol. The average Bonchev–Trinajstić information content (AvgIpc) is 2.13. The summed E-state index contributed by atoms with van der Waals surface area (Å²) in [7, 11) is -3.01. The van der Waals surface area contributed by atoms with Gasteiger partial charge in [0.15, 0.2) is 0 Å². The van der Waals surface area contributed by atoms with Gasteiger partial charge in [-0.1, -0.05) is 6.42 Å². The quantitative estimate of drug-likeness (QED) is 0.825. The lowest BCUT2D eigenvalue weighted by molar-refractivity contribution is 0.193. The van der Waals surface area contributed by atoms with Gasteiger partial charge < -0.3 is 5.73 Å². The van der Waals surface area contributed by atoms with Crippen molar-refractivity contribution >= 4 is 10.0 Å². The van der Waals surface area contributed by atoms with Crippen molar-refractivity contribution in [2.24, 2.45) is 17.6 Å². The van der Waals surface area contributed by atoms with Gasteiger partial charge in [0.25, 0.3) is 0 Å². The molecule has 2 unspecified atom stereocenters. The molecule has 0 amide bonds. The fourth-order valence-electron chi connectivity index (χ4n) is 2.97. The van der Waals surface area contributed by atoms with Gasteiger partial charge in [-0.05, 0) is 43.9 Å². The van der Waals surface area contributed by atoms with Crippen LogP contribution in [0.15, 0.2) is 0 Å². The standard InChI is InChI=1S/C12H24N2O2S/c1-17(15,16)14-7-3-4-10(9-14)8-12(13)11-5-2-6-11/h10-12H,2-9,13H2,1H3. The van der Waals surface area contributed by atoms with Gasteiger partial charge in [-0.3, -0.25) is 0 Å². The highest BCUT2D eigenvalue weighted by molar-refractivity contribution is 7.88. The van der Waals surface area contributed by atoms with Crippen LogP contribution in [-0.4, -0.2) is 38.1 Å². The third-order valence-corrected chi connectivity index (χ3v) is 5.58. The molecule has 100 valence electrons. The Balaban J connectivity index is 1.84. The maximum absolute atomic E-state index is 11.5. The Morgan fingerprint density at radius 2 is 2.00 bits per heavy atom. The van der Waals surface area contributed by atoms with Gasteiger partial charge in [-0.25, -0.2) is 12.7 Å². The summed E-state index contributed by atoms with van der Waals surface area (Å²) >= 11 is 0. The molecule has 2 rings (SSSR count). The van der Waals surface area contributed by atoms with Crippen LogP contribution in [0.2, 0.25) is 0 Å². The van der Waals surface area contributed by atoms with Crippen molar-refractivity contribution in [1.82, 2.24) is 4.31 Å². The van der Waals surface area contributed by atoms with Crippen molar-refractivity contribution in [1.29, 1.82) is 0 Å². The Morgan fingerprint density at radius 3 is 2.53 bits per heavy atom. The summed E-state index contributed by atoms with van der Waals surface area (Å²) in [5.74, 6) is 1.16. The molecule has 2 N–H and O–H groups in total. The van der Waals surface area contributed by atoms with E-state index in [1.165, 1.54) is 25.5 Å². The van der Waals surface area contributed by atoms with E-state index in [-0.39, 0.29) is 6.04 Å². The van der Waals surface area contributed by atoms with Crippen LogP contribution in [0.25, 0.3) is 0 Å². The molecule has 17 heavy (non-hydrogen) atoms. The molecule has 0 spiro atoms. The highest BCUT2D eigenvalue weighted by atomic mass is 32.2. The maximum atomic E-state index is 11.5. The predicted octanol–water partition coefficient (Wildman–Crippen LogP) is 1.18. The Kier molecular flexibility index (Phi) is 4.10. The van der Waals surface area contributed by atoms with E-state index in [0.29, 0.717) is 24.9 Å². The van der Waals surface area contributed by atoms with Crippen LogP contribution >= 0.6 is 0 Å². The van der Waals surface area contributed by atoms with E-state index >= 15 is 0 Å². The lowest BCUT2D eigenvalue weighted by Crippen LogP contribution is -2.43. The Hall–Kier alpha value is -0.130. The summed E-state index contributed by atoms with van der Waals surface area (Å²) in [4.78, 5) is 0. The van der Waals surface area contributed by atoms with Crippen LogP contribution < -0.4 is 5.73 Å². The zero-order valence-electron chi connectivity index (χ0n) is 10.6. The van der Waals surface area contributed by atoms with Gasteiger partial charge in [-0.15, -0.1) is 0 Å². The second-order valence-corrected chi connectivity index (χ2v) is 7.70. The summed E-state index contributed by atoms with van der Waals surface area (Å²) in [6.07, 6.45) is 8.27. The molecule has 0 radical (unpaired) electrons. The molecule has 0 bridgehead atoms. The molecule has 1 aliphatic carbocycles. The van der Waals surface area contributed by atoms with E-state index in [1.807, 2.05) is 0 Å². The first-order valence-corrected chi connectivity index (χ1v) is 8.52. The predicted molar refractivity (Wildman–Crippen MR) is 69.1 cm³/mol. The minimum Gasteiger partial charge on any atom is -0.327 e. The number of piperidine rings is 1. The molecular formula is C12H24N2O2S. The summed E-state index contributed by atoms with van der Waals surface area (Å²) in [6.45, 7) is 1.37. The molecule has 2 fully saturated rings. The third-order valence-electron chi connectivity index (χ3n) is 4.31. The van der Waals surface area contributed by atoms with E-state index in [0.717, 1.165) is 19.3 Å². The van der Waals surface area contributed by atoms with Crippen molar-refractivity contribution in [2.75, 3.05) is 19.3 Å². The minimum absolute atomic E-state index is 0.285. The van der Waals surface area contributed by atoms with Gasteiger partial charge in [0.2, 0.25) is 10.0 Å². The lowest BCUT2D eigenvalue weighted by atomic mass is 9.76. The largest absolute Gasteiger partial charge is 0.327 e. The van der Waals surface area contributed by atoms with Gasteiger partial charge in [0.1, 0.15) is 0 Å². The molecule has 1 aliphatic heterocycles. The van der Waals surface area contributed by atoms with Crippen molar-refractivity contribution < 1.29 is 8.42 Å². The normalized spacial score (nSPS) is 29.9. The van der Waals surface area contributed by atoms with Gasteiger partial charge in [0, 0.05) is 19.1 Å². The lowest BCUT2D eigenvalue weighted by Gasteiger charge is -2.36. The molecule has 2 aliphatic rings. The smallest absolute Gasteiger partial charge is 0.211 e. The number of rotatable bonds is 4. The van der Waals surface area contributed by atoms with Crippen LogP contribution in [0, 0.1) is 11.8 Å². The second kappa shape index (κ2) is 5.24. The van der Waals surface area contributed by atoms with Crippen LogP contribution in [0.3, 0.4) is 0 Å². The molecule has 2 atom stereocenters. The van der Waals surface area contributed by atoms with Crippen LogP contribution in [0.1, 0.15) is 38.5 Å². The van der Waals surface area contributed by atoms with Crippen LogP contribution in [-0.2, 0) is 10.0 Å². The number of nitrogens with two attached hydrogens (primary N) is 1. The molecule has 0 aromatic carbocycles. The first kappa shape index (κ1) is 13.3. The number of hydrogen-bond donors (Lipinski definition) is 1. The topological polar surface area (TPSA) is 63.4 Å². The molecule has 1 saturated heterocycles. The summed E-state index contributed by atoms with van der Waals surface area (Å²) in [5.41, 5.74) is 6.20. The van der Waals surface area contributed by atoms with Crippen molar-refractivity contribution in [3.05, 3.63) is 0 Å². The highest BCUT2D eigenvalue weighted by Crippen LogP contribution is 2.33. The van der Waals surface area contributed by atoms with E-state index in [4.69, 9.17) is 5.73 Å². The Bertz CT molecular complexity index is 352. The molecular weight excluding hydrogens is 236 g/mol. The number of sulfonamides is 1. The summed E-state index contributed by atoms with van der Waals surface area (Å²) in [6, 6.07) is 0.285. The fourth-order valence-corrected chi connectivity index (χ4v) is 3.91. The van der Waals surface area contributed by atoms with Crippen LogP contribution in [0.4, 0.5) is 0 Å². The van der Waals surface area contributed by atoms with Crippen LogP contribution in [0.5, 0.6) is 0 Å². The van der Waals surface area contributed by atoms with E-state index in [1.54, 1.807) is 4.31 Å². The number of nitrogens with zero attached hydrogens (tertiary/aromatic N) is 1. The van der Waals surface area contributed by atoms with E-state index in [9.17, 15) is 8.42 Å². The summed E-state index contributed by atoms with van der Waals surface area (Å²) in [5, 5.41) is 0. The third kappa shape index (κ3) is 3.42. The zero-order valence-corrected chi connectivity index (χ0v) is 11.5. The van der Waals surface area contributed by atoms with E-state index in [2.05, 4.69) is 0 Å². The monoisotopic (exact) mass is 260 g/mol. The van der Waals surface area contributed by atoms with E-state index < -0.39 is 10.0 Å². The van der Waals surface area contributed by atoms with Crippen molar-refractivity contribution in [3.8, 4) is 0 Å². The Labute approximate surface area is 105 Å². The Morgan fingerprint density at radius 1 is 1.29 bits per heavy atom. The number of hydrogen-bond acceptors (Lipinski definition) is 3. The van der Waals surface area contributed by atoms with Gasteiger partial charge in [-0.2, -0.15) is 0 Å². The first-order chi connectivity index (χ1) is 7.97. The van der Waals surface area contributed by atoms with Gasteiger partial charge in [0.05, 0.1) is 6.26 Å². The molecule has 0 aromatic rings. The minimum atomic E-state index is -3.01. The zero-order chi connectivity index (χ0) is 12.5. The first-order valence-electron chi connectivity index (χ1n) is 6.67. The molecule has 1 heterocycles. The second-order valence-electron chi connectivity index (χ2n) is 5.72. The fraction of sp³-hybridized carbons (Fsp3) is 1.00. The van der Waals surface area contributed by atoms with Crippen molar-refractivity contribution in [3.63, 3.8) is 0 Å². The maximum Gasteiger partial charge on any atom is 0.211 e. The SMILES string of the molecule is CS(=O)(=O)N1CCCC(CC(N)C2CCC2)C1.